The molecule has 7 heteroatoms. The molecule has 4 nitrogen and oxygen atoms in total. The van der Waals surface area contributed by atoms with E-state index in [0.29, 0.717) is 6.61 Å². The lowest BCUT2D eigenvalue weighted by atomic mass is 9.99. The first-order valence-corrected chi connectivity index (χ1v) is 9.37. The highest BCUT2D eigenvalue weighted by Crippen LogP contribution is 2.26. The Morgan fingerprint density at radius 1 is 0.929 bits per heavy atom. The minimum Gasteiger partial charge on any atom is -0.365 e. The maximum absolute atomic E-state index is 8.49. The summed E-state index contributed by atoms with van der Waals surface area (Å²) in [4.78, 5) is 4.90. The van der Waals surface area contributed by atoms with Gasteiger partial charge in [-0.1, -0.05) is 48.0 Å². The summed E-state index contributed by atoms with van der Waals surface area (Å²) < 4.78 is 5.26. The zero-order valence-electron chi connectivity index (χ0n) is 15.7. The molecule has 0 bridgehead atoms. The van der Waals surface area contributed by atoms with Crippen LogP contribution in [0.15, 0.2) is 48.5 Å². The SMILES string of the molecule is Cl.Cl.N#CCOCCN1CCN(Cc2ccccc2-c2ccc(Cl)cc2)CC1. The molecule has 1 aliphatic heterocycles. The first kappa shape index (κ1) is 24.7. The summed E-state index contributed by atoms with van der Waals surface area (Å²) in [5.74, 6) is 0. The van der Waals surface area contributed by atoms with Crippen molar-refractivity contribution in [3.05, 3.63) is 59.1 Å². The van der Waals surface area contributed by atoms with Crippen LogP contribution in [0.3, 0.4) is 0 Å². The van der Waals surface area contributed by atoms with Gasteiger partial charge >= 0.3 is 0 Å². The summed E-state index contributed by atoms with van der Waals surface area (Å²) in [5.41, 5.74) is 3.83. The molecular formula is C21H26Cl3N3O. The molecule has 0 saturated carbocycles. The Morgan fingerprint density at radius 3 is 2.25 bits per heavy atom. The zero-order valence-corrected chi connectivity index (χ0v) is 18.1. The molecule has 152 valence electrons. The second-order valence-electron chi connectivity index (χ2n) is 6.49. The van der Waals surface area contributed by atoms with E-state index < -0.39 is 0 Å². The zero-order chi connectivity index (χ0) is 18.2. The van der Waals surface area contributed by atoms with E-state index in [1.807, 2.05) is 18.2 Å². The highest BCUT2D eigenvalue weighted by molar-refractivity contribution is 6.30. The Balaban J connectivity index is 0.00000196. The average Bonchev–Trinajstić information content (AvgIpc) is 2.68. The normalized spacial score (nSPS) is 14.6. The molecule has 0 N–H and O–H groups in total. The molecule has 1 fully saturated rings. The summed E-state index contributed by atoms with van der Waals surface area (Å²) in [6.45, 7) is 6.85. The Labute approximate surface area is 184 Å². The van der Waals surface area contributed by atoms with Crippen LogP contribution in [0.25, 0.3) is 11.1 Å². The van der Waals surface area contributed by atoms with Gasteiger partial charge in [0.05, 0.1) is 12.7 Å². The topological polar surface area (TPSA) is 39.5 Å². The number of benzene rings is 2. The predicted octanol–water partition coefficient (Wildman–Crippen LogP) is 4.51. The molecule has 0 atom stereocenters. The van der Waals surface area contributed by atoms with Crippen LogP contribution in [0.5, 0.6) is 0 Å². The van der Waals surface area contributed by atoms with Crippen molar-refractivity contribution in [1.29, 1.82) is 5.26 Å². The number of halogens is 3. The molecule has 0 unspecified atom stereocenters. The summed E-state index contributed by atoms with van der Waals surface area (Å²) in [6.07, 6.45) is 0. The highest BCUT2D eigenvalue weighted by Gasteiger charge is 2.17. The molecule has 1 heterocycles. The first-order valence-electron chi connectivity index (χ1n) is 8.99. The summed E-state index contributed by atoms with van der Waals surface area (Å²) in [6, 6.07) is 18.7. The Morgan fingerprint density at radius 2 is 1.57 bits per heavy atom. The van der Waals surface area contributed by atoms with Gasteiger partial charge in [-0.25, -0.2) is 0 Å². The number of hydrogen-bond donors (Lipinski definition) is 0. The van der Waals surface area contributed by atoms with Gasteiger partial charge in [-0.2, -0.15) is 5.26 Å². The van der Waals surface area contributed by atoms with Gasteiger partial charge < -0.3 is 4.74 Å². The van der Waals surface area contributed by atoms with Crippen LogP contribution in [0, 0.1) is 11.3 Å². The Kier molecular flexibility index (Phi) is 11.5. The van der Waals surface area contributed by atoms with Crippen LogP contribution < -0.4 is 0 Å². The van der Waals surface area contributed by atoms with Crippen LogP contribution in [0.4, 0.5) is 0 Å². The van der Waals surface area contributed by atoms with E-state index in [4.69, 9.17) is 21.6 Å². The largest absolute Gasteiger partial charge is 0.365 e. The lowest BCUT2D eigenvalue weighted by Gasteiger charge is -2.34. The van der Waals surface area contributed by atoms with Gasteiger partial charge in [0.1, 0.15) is 6.61 Å². The standard InChI is InChI=1S/C21H24ClN3O.2ClH/c22-20-7-5-18(6-8-20)21-4-2-1-3-19(21)17-25-12-10-24(11-13-25)14-16-26-15-9-23;;/h1-8H,10-17H2;2*1H. The number of rotatable bonds is 7. The minimum atomic E-state index is 0. The van der Waals surface area contributed by atoms with Crippen molar-refractivity contribution in [3.63, 3.8) is 0 Å². The number of ether oxygens (including phenoxy) is 1. The van der Waals surface area contributed by atoms with Crippen molar-refractivity contribution in [2.24, 2.45) is 0 Å². The molecule has 28 heavy (non-hydrogen) atoms. The molecule has 1 aliphatic rings. The van der Waals surface area contributed by atoms with Crippen LogP contribution >= 0.6 is 36.4 Å². The van der Waals surface area contributed by atoms with Crippen LogP contribution in [0.1, 0.15) is 5.56 Å². The van der Waals surface area contributed by atoms with Crippen molar-refractivity contribution < 1.29 is 4.74 Å². The van der Waals surface area contributed by atoms with Gasteiger partial charge in [-0.3, -0.25) is 9.80 Å². The van der Waals surface area contributed by atoms with E-state index >= 15 is 0 Å². The third kappa shape index (κ3) is 7.25. The maximum Gasteiger partial charge on any atom is 0.133 e. The van der Waals surface area contributed by atoms with Crippen molar-refractivity contribution in [2.75, 3.05) is 45.9 Å². The fourth-order valence-electron chi connectivity index (χ4n) is 3.29. The summed E-state index contributed by atoms with van der Waals surface area (Å²) >= 11 is 6.02. The summed E-state index contributed by atoms with van der Waals surface area (Å²) in [5, 5.41) is 9.26. The fraction of sp³-hybridized carbons (Fsp3) is 0.381. The number of nitrogens with zero attached hydrogens (tertiary/aromatic N) is 3. The van der Waals surface area contributed by atoms with Gasteiger partial charge in [0.15, 0.2) is 0 Å². The molecule has 1 saturated heterocycles. The van der Waals surface area contributed by atoms with Crippen molar-refractivity contribution in [2.45, 2.75) is 6.54 Å². The third-order valence-corrected chi connectivity index (χ3v) is 5.00. The van der Waals surface area contributed by atoms with E-state index in [9.17, 15) is 0 Å². The maximum atomic E-state index is 8.49. The number of hydrogen-bond acceptors (Lipinski definition) is 4. The fourth-order valence-corrected chi connectivity index (χ4v) is 3.42. The molecule has 3 rings (SSSR count). The van der Waals surface area contributed by atoms with E-state index in [-0.39, 0.29) is 31.4 Å². The van der Waals surface area contributed by atoms with Crippen molar-refractivity contribution in [1.82, 2.24) is 9.80 Å². The Hall–Kier alpha value is -1.32. The first-order chi connectivity index (χ1) is 12.8. The molecule has 0 radical (unpaired) electrons. The van der Waals surface area contributed by atoms with E-state index in [1.165, 1.54) is 16.7 Å². The van der Waals surface area contributed by atoms with Gasteiger partial charge in [-0.05, 0) is 28.8 Å². The monoisotopic (exact) mass is 441 g/mol. The predicted molar refractivity (Wildman–Crippen MR) is 120 cm³/mol. The van der Waals surface area contributed by atoms with Gasteiger partial charge in [0.2, 0.25) is 0 Å². The molecule has 0 amide bonds. The number of piperazine rings is 1. The molecule has 0 aromatic heterocycles. The Bertz CT molecular complexity index is 741. The molecule has 0 aliphatic carbocycles. The second kappa shape index (κ2) is 13.0. The highest BCUT2D eigenvalue weighted by atomic mass is 35.5. The van der Waals surface area contributed by atoms with Crippen LogP contribution in [0.2, 0.25) is 5.02 Å². The molecule has 2 aromatic carbocycles. The molecule has 0 spiro atoms. The van der Waals surface area contributed by atoms with Gasteiger partial charge in [-0.15, -0.1) is 24.8 Å². The van der Waals surface area contributed by atoms with Crippen molar-refractivity contribution in [3.8, 4) is 17.2 Å². The van der Waals surface area contributed by atoms with E-state index in [0.717, 1.165) is 44.3 Å². The minimum absolute atomic E-state index is 0. The van der Waals surface area contributed by atoms with E-state index in [1.54, 1.807) is 0 Å². The summed E-state index contributed by atoms with van der Waals surface area (Å²) in [7, 11) is 0. The van der Waals surface area contributed by atoms with Gasteiger partial charge in [0, 0.05) is 44.3 Å². The number of nitriles is 1. The van der Waals surface area contributed by atoms with Crippen LogP contribution in [-0.2, 0) is 11.3 Å². The van der Waals surface area contributed by atoms with Crippen molar-refractivity contribution >= 4 is 36.4 Å². The van der Waals surface area contributed by atoms with E-state index in [2.05, 4.69) is 46.2 Å². The van der Waals surface area contributed by atoms with Crippen LogP contribution in [-0.4, -0.2) is 55.7 Å². The lowest BCUT2D eigenvalue weighted by Crippen LogP contribution is -2.46. The molecule has 2 aromatic rings. The average molecular weight is 443 g/mol. The smallest absolute Gasteiger partial charge is 0.133 e. The van der Waals surface area contributed by atoms with Gasteiger partial charge in [0.25, 0.3) is 0 Å². The quantitative estimate of drug-likeness (QED) is 0.592. The lowest BCUT2D eigenvalue weighted by molar-refractivity contribution is 0.0849. The third-order valence-electron chi connectivity index (χ3n) is 4.75. The second-order valence-corrected chi connectivity index (χ2v) is 6.93. The molecular weight excluding hydrogens is 417 g/mol.